The molecule has 2 aliphatic rings. The van der Waals surface area contributed by atoms with Crippen LogP contribution < -0.4 is 0 Å². The fourth-order valence-electron chi connectivity index (χ4n) is 3.54. The lowest BCUT2D eigenvalue weighted by Crippen LogP contribution is -2.48. The van der Waals surface area contributed by atoms with E-state index in [0.29, 0.717) is 0 Å². The topological polar surface area (TPSA) is 53.8 Å². The van der Waals surface area contributed by atoms with Crippen LogP contribution in [0.1, 0.15) is 5.69 Å². The third-order valence-corrected chi connectivity index (χ3v) is 5.46. The Hall–Kier alpha value is -1.25. The average molecular weight is 334 g/mol. The smallest absolute Gasteiger partial charge is 0.193 e. The molecule has 23 heavy (non-hydrogen) atoms. The zero-order valence-electron chi connectivity index (χ0n) is 13.0. The molecular weight excluding hydrogens is 312 g/mol. The zero-order valence-corrected chi connectivity index (χ0v) is 13.9. The van der Waals surface area contributed by atoms with Crippen LogP contribution in [0.15, 0.2) is 29.9 Å². The summed E-state index contributed by atoms with van der Waals surface area (Å²) >= 11 is 1.64. The summed E-state index contributed by atoms with van der Waals surface area (Å²) in [6.07, 6.45) is 3.61. The van der Waals surface area contributed by atoms with E-state index < -0.39 is 0 Å². The molecule has 0 aromatic carbocycles. The van der Waals surface area contributed by atoms with Crippen molar-refractivity contribution in [3.63, 3.8) is 0 Å². The van der Waals surface area contributed by atoms with Crippen molar-refractivity contribution in [1.82, 2.24) is 19.4 Å². The van der Waals surface area contributed by atoms with Gasteiger partial charge in [-0.15, -0.1) is 11.3 Å². The molecule has 6 nitrogen and oxygen atoms in total. The first kappa shape index (κ1) is 15.3. The molecule has 2 aliphatic heterocycles. The molecule has 2 fully saturated rings. The SMILES string of the molecule is O[C@@H]1CN(Cc2cccn2-c2nccs2)C[C@H]1N1CCOCC1. The van der Waals surface area contributed by atoms with Gasteiger partial charge in [0.2, 0.25) is 0 Å². The Morgan fingerprint density at radius 1 is 1.30 bits per heavy atom. The van der Waals surface area contributed by atoms with Crippen LogP contribution in [0.2, 0.25) is 0 Å². The van der Waals surface area contributed by atoms with Gasteiger partial charge in [0.05, 0.1) is 19.3 Å². The lowest BCUT2D eigenvalue weighted by molar-refractivity contribution is -0.00618. The summed E-state index contributed by atoms with van der Waals surface area (Å²) in [6, 6.07) is 4.42. The van der Waals surface area contributed by atoms with Crippen LogP contribution in [-0.2, 0) is 11.3 Å². The van der Waals surface area contributed by atoms with Gasteiger partial charge in [-0.05, 0) is 12.1 Å². The van der Waals surface area contributed by atoms with Gasteiger partial charge < -0.3 is 9.84 Å². The number of morpholine rings is 1. The fourth-order valence-corrected chi connectivity index (χ4v) is 4.20. The average Bonchev–Trinajstić information content (AvgIpc) is 3.29. The summed E-state index contributed by atoms with van der Waals surface area (Å²) in [5, 5.41) is 13.4. The van der Waals surface area contributed by atoms with Gasteiger partial charge in [-0.2, -0.15) is 0 Å². The maximum absolute atomic E-state index is 10.5. The Balaban J connectivity index is 1.43. The lowest BCUT2D eigenvalue weighted by atomic mass is 10.2. The fraction of sp³-hybridized carbons (Fsp3) is 0.562. The predicted molar refractivity (Wildman–Crippen MR) is 88.9 cm³/mol. The van der Waals surface area contributed by atoms with E-state index in [2.05, 4.69) is 37.7 Å². The highest BCUT2D eigenvalue weighted by atomic mass is 32.1. The van der Waals surface area contributed by atoms with E-state index in [1.54, 1.807) is 11.3 Å². The van der Waals surface area contributed by atoms with E-state index in [1.807, 2.05) is 11.6 Å². The van der Waals surface area contributed by atoms with Gasteiger partial charge in [0.25, 0.3) is 0 Å². The number of hydrogen-bond donors (Lipinski definition) is 1. The Morgan fingerprint density at radius 3 is 2.96 bits per heavy atom. The molecule has 0 radical (unpaired) electrons. The summed E-state index contributed by atoms with van der Waals surface area (Å²) in [5.74, 6) is 0. The third-order valence-electron chi connectivity index (χ3n) is 4.69. The number of thiazole rings is 1. The number of aliphatic hydroxyl groups excluding tert-OH is 1. The molecule has 2 aromatic rings. The molecule has 0 saturated carbocycles. The van der Waals surface area contributed by atoms with Crippen molar-refractivity contribution in [2.24, 2.45) is 0 Å². The van der Waals surface area contributed by atoms with E-state index in [0.717, 1.165) is 51.1 Å². The molecule has 0 amide bonds. The van der Waals surface area contributed by atoms with Crippen molar-refractivity contribution in [3.05, 3.63) is 35.6 Å². The van der Waals surface area contributed by atoms with Gasteiger partial charge in [-0.1, -0.05) is 0 Å². The summed E-state index contributed by atoms with van der Waals surface area (Å²) in [5.41, 5.74) is 1.22. The first-order valence-corrected chi connectivity index (χ1v) is 8.97. The molecule has 2 atom stereocenters. The van der Waals surface area contributed by atoms with Gasteiger partial charge in [0.15, 0.2) is 5.13 Å². The number of ether oxygens (including phenoxy) is 1. The minimum Gasteiger partial charge on any atom is -0.390 e. The minimum absolute atomic E-state index is 0.224. The highest BCUT2D eigenvalue weighted by molar-refractivity contribution is 7.12. The highest BCUT2D eigenvalue weighted by Gasteiger charge is 2.36. The first-order chi connectivity index (χ1) is 11.3. The molecule has 0 spiro atoms. The van der Waals surface area contributed by atoms with Crippen LogP contribution >= 0.6 is 11.3 Å². The van der Waals surface area contributed by atoms with Crippen LogP contribution in [0, 0.1) is 0 Å². The van der Waals surface area contributed by atoms with Crippen molar-refractivity contribution >= 4 is 11.3 Å². The Kier molecular flexibility index (Phi) is 4.46. The van der Waals surface area contributed by atoms with Gasteiger partial charge in [0.1, 0.15) is 0 Å². The number of rotatable bonds is 4. The Bertz CT molecular complexity index is 624. The summed E-state index contributed by atoms with van der Waals surface area (Å²) < 4.78 is 7.56. The zero-order chi connectivity index (χ0) is 15.6. The molecular formula is C16H22N4O2S. The Morgan fingerprint density at radius 2 is 2.17 bits per heavy atom. The maximum atomic E-state index is 10.5. The van der Waals surface area contributed by atoms with Crippen molar-refractivity contribution < 1.29 is 9.84 Å². The highest BCUT2D eigenvalue weighted by Crippen LogP contribution is 2.22. The van der Waals surface area contributed by atoms with Crippen LogP contribution in [0.25, 0.3) is 5.13 Å². The lowest BCUT2D eigenvalue weighted by Gasteiger charge is -2.33. The van der Waals surface area contributed by atoms with E-state index in [4.69, 9.17) is 4.74 Å². The maximum Gasteiger partial charge on any atom is 0.193 e. The van der Waals surface area contributed by atoms with Gasteiger partial charge in [0, 0.05) is 62.2 Å². The van der Waals surface area contributed by atoms with E-state index in [9.17, 15) is 5.11 Å². The number of aromatic nitrogens is 2. The molecule has 0 bridgehead atoms. The minimum atomic E-state index is -0.281. The standard InChI is InChI=1S/C16H22N4O2S/c21-15-12-18(11-14(15)19-5-7-22-8-6-19)10-13-2-1-4-20(13)16-17-3-9-23-16/h1-4,9,14-15,21H,5-8,10-12H2/t14-,15-/m1/s1. The quantitative estimate of drug-likeness (QED) is 0.897. The Labute approximate surface area is 139 Å². The van der Waals surface area contributed by atoms with Crippen LogP contribution in [-0.4, -0.2) is 76.0 Å². The molecule has 0 aliphatic carbocycles. The van der Waals surface area contributed by atoms with Gasteiger partial charge >= 0.3 is 0 Å². The predicted octanol–water partition coefficient (Wildman–Crippen LogP) is 0.811. The normalized spacial score (nSPS) is 26.8. The van der Waals surface area contributed by atoms with E-state index in [-0.39, 0.29) is 12.1 Å². The van der Waals surface area contributed by atoms with E-state index in [1.165, 1.54) is 5.69 Å². The number of hydrogen-bond acceptors (Lipinski definition) is 6. The van der Waals surface area contributed by atoms with Gasteiger partial charge in [-0.3, -0.25) is 14.4 Å². The van der Waals surface area contributed by atoms with Crippen molar-refractivity contribution in [2.75, 3.05) is 39.4 Å². The van der Waals surface area contributed by atoms with Gasteiger partial charge in [-0.25, -0.2) is 4.98 Å². The molecule has 1 N–H and O–H groups in total. The van der Waals surface area contributed by atoms with Crippen LogP contribution in [0.4, 0.5) is 0 Å². The molecule has 4 heterocycles. The first-order valence-electron chi connectivity index (χ1n) is 8.09. The summed E-state index contributed by atoms with van der Waals surface area (Å²) in [7, 11) is 0. The summed E-state index contributed by atoms with van der Waals surface area (Å²) in [4.78, 5) is 9.10. The molecule has 7 heteroatoms. The summed E-state index contributed by atoms with van der Waals surface area (Å²) in [6.45, 7) is 5.86. The second kappa shape index (κ2) is 6.70. The van der Waals surface area contributed by atoms with E-state index >= 15 is 0 Å². The molecule has 4 rings (SSSR count). The molecule has 0 unspecified atom stereocenters. The molecule has 124 valence electrons. The number of aliphatic hydroxyl groups is 1. The monoisotopic (exact) mass is 334 g/mol. The molecule has 2 saturated heterocycles. The second-order valence-electron chi connectivity index (χ2n) is 6.16. The third kappa shape index (κ3) is 3.20. The number of nitrogens with zero attached hydrogens (tertiary/aromatic N) is 4. The van der Waals surface area contributed by atoms with Crippen molar-refractivity contribution in [3.8, 4) is 5.13 Å². The van der Waals surface area contributed by atoms with Crippen LogP contribution in [0.3, 0.4) is 0 Å². The van der Waals surface area contributed by atoms with Crippen molar-refractivity contribution in [1.29, 1.82) is 0 Å². The van der Waals surface area contributed by atoms with Crippen molar-refractivity contribution in [2.45, 2.75) is 18.7 Å². The second-order valence-corrected chi connectivity index (χ2v) is 7.03. The number of likely N-dealkylation sites (tertiary alicyclic amines) is 1. The molecule has 2 aromatic heterocycles. The number of β-amino-alcohol motifs (C(OH)–C–C–N with tert-alkyl or cyclic N) is 1. The van der Waals surface area contributed by atoms with Crippen LogP contribution in [0.5, 0.6) is 0 Å². The largest absolute Gasteiger partial charge is 0.390 e.